The average molecular weight is 249 g/mol. The van der Waals surface area contributed by atoms with Crippen molar-refractivity contribution >= 4 is 5.91 Å². The van der Waals surface area contributed by atoms with Crippen molar-refractivity contribution in [3.05, 3.63) is 29.8 Å². The van der Waals surface area contributed by atoms with E-state index in [1.165, 1.54) is 0 Å². The molecular formula is C14H19NO3. The molecule has 0 aromatic heterocycles. The van der Waals surface area contributed by atoms with Crippen molar-refractivity contribution in [1.82, 2.24) is 5.32 Å². The third kappa shape index (κ3) is 3.47. The summed E-state index contributed by atoms with van der Waals surface area (Å²) in [7, 11) is 0. The number of ether oxygens (including phenoxy) is 1. The molecule has 0 atom stereocenters. The lowest BCUT2D eigenvalue weighted by molar-refractivity contribution is -0.123. The molecule has 1 aliphatic carbocycles. The molecule has 0 heterocycles. The summed E-state index contributed by atoms with van der Waals surface area (Å²) in [6.07, 6.45) is 1.98. The summed E-state index contributed by atoms with van der Waals surface area (Å²) in [6.45, 7) is 2.71. The summed E-state index contributed by atoms with van der Waals surface area (Å²) in [5.41, 5.74) is 1.10. The molecule has 0 bridgehead atoms. The van der Waals surface area contributed by atoms with Gasteiger partial charge in [0.05, 0.1) is 6.61 Å². The molecule has 18 heavy (non-hydrogen) atoms. The van der Waals surface area contributed by atoms with E-state index >= 15 is 0 Å². The standard InChI is InChI=1S/C14H19NO3/c1-11-2-4-12(5-3-11)18-8-13(17)15-9-14(10-16)6-7-14/h2-5,16H,6-10H2,1H3,(H,15,17). The van der Waals surface area contributed by atoms with Gasteiger partial charge in [0, 0.05) is 12.0 Å². The summed E-state index contributed by atoms with van der Waals surface area (Å²) in [5.74, 6) is 0.550. The Kier molecular flexibility index (Phi) is 3.87. The normalized spacial score (nSPS) is 16.1. The first-order valence-corrected chi connectivity index (χ1v) is 6.21. The van der Waals surface area contributed by atoms with Crippen molar-refractivity contribution in [2.45, 2.75) is 19.8 Å². The van der Waals surface area contributed by atoms with Crippen molar-refractivity contribution < 1.29 is 14.6 Å². The highest BCUT2D eigenvalue weighted by Gasteiger charge is 2.41. The molecule has 0 radical (unpaired) electrons. The van der Waals surface area contributed by atoms with Crippen LogP contribution >= 0.6 is 0 Å². The third-order valence-corrected chi connectivity index (χ3v) is 3.34. The van der Waals surface area contributed by atoms with Crippen LogP contribution in [0.2, 0.25) is 0 Å². The van der Waals surface area contributed by atoms with E-state index in [0.717, 1.165) is 18.4 Å². The highest BCUT2D eigenvalue weighted by atomic mass is 16.5. The second-order valence-electron chi connectivity index (χ2n) is 5.04. The van der Waals surface area contributed by atoms with E-state index in [4.69, 9.17) is 9.84 Å². The van der Waals surface area contributed by atoms with Gasteiger partial charge in [-0.15, -0.1) is 0 Å². The Morgan fingerprint density at radius 3 is 2.61 bits per heavy atom. The maximum atomic E-state index is 11.6. The Balaban J connectivity index is 1.70. The number of benzene rings is 1. The molecular weight excluding hydrogens is 230 g/mol. The highest BCUT2D eigenvalue weighted by Crippen LogP contribution is 2.44. The molecule has 4 heteroatoms. The first kappa shape index (κ1) is 12.9. The van der Waals surface area contributed by atoms with Gasteiger partial charge < -0.3 is 15.2 Å². The lowest BCUT2D eigenvalue weighted by Crippen LogP contribution is -2.35. The number of carbonyl (C=O) groups excluding carboxylic acids is 1. The fourth-order valence-corrected chi connectivity index (χ4v) is 1.69. The van der Waals surface area contributed by atoms with E-state index in [1.807, 2.05) is 31.2 Å². The van der Waals surface area contributed by atoms with Gasteiger partial charge in [0.2, 0.25) is 0 Å². The molecule has 1 amide bonds. The van der Waals surface area contributed by atoms with E-state index in [0.29, 0.717) is 12.3 Å². The van der Waals surface area contributed by atoms with Crippen LogP contribution in [0.25, 0.3) is 0 Å². The zero-order chi connectivity index (χ0) is 13.0. The molecule has 1 aromatic carbocycles. The maximum absolute atomic E-state index is 11.6. The van der Waals surface area contributed by atoms with Crippen LogP contribution in [0, 0.1) is 12.3 Å². The van der Waals surface area contributed by atoms with Gasteiger partial charge >= 0.3 is 0 Å². The number of aryl methyl sites for hydroxylation is 1. The monoisotopic (exact) mass is 249 g/mol. The average Bonchev–Trinajstić information content (AvgIpc) is 3.16. The minimum absolute atomic E-state index is 0.0184. The molecule has 1 aliphatic rings. The van der Waals surface area contributed by atoms with Crippen LogP contribution in [-0.4, -0.2) is 30.8 Å². The molecule has 0 unspecified atom stereocenters. The molecule has 1 aromatic rings. The second kappa shape index (κ2) is 5.40. The minimum Gasteiger partial charge on any atom is -0.484 e. The summed E-state index contributed by atoms with van der Waals surface area (Å²) in [4.78, 5) is 11.6. The smallest absolute Gasteiger partial charge is 0.257 e. The third-order valence-electron chi connectivity index (χ3n) is 3.34. The Bertz CT molecular complexity index is 410. The summed E-state index contributed by atoms with van der Waals surface area (Å²) in [5, 5.41) is 11.9. The molecule has 4 nitrogen and oxygen atoms in total. The first-order chi connectivity index (χ1) is 8.63. The van der Waals surface area contributed by atoms with Crippen LogP contribution in [0.5, 0.6) is 5.75 Å². The van der Waals surface area contributed by atoms with Crippen LogP contribution in [0.4, 0.5) is 0 Å². The molecule has 0 saturated heterocycles. The van der Waals surface area contributed by atoms with E-state index < -0.39 is 0 Å². The van der Waals surface area contributed by atoms with Crippen LogP contribution in [0.3, 0.4) is 0 Å². The first-order valence-electron chi connectivity index (χ1n) is 6.21. The van der Waals surface area contributed by atoms with Gasteiger partial charge in [-0.25, -0.2) is 0 Å². The number of hydrogen-bond acceptors (Lipinski definition) is 3. The number of aliphatic hydroxyl groups excluding tert-OH is 1. The van der Waals surface area contributed by atoms with E-state index in [1.54, 1.807) is 0 Å². The SMILES string of the molecule is Cc1ccc(OCC(=O)NCC2(CO)CC2)cc1. The van der Waals surface area contributed by atoms with Crippen LogP contribution in [-0.2, 0) is 4.79 Å². The van der Waals surface area contributed by atoms with Gasteiger partial charge in [0.25, 0.3) is 5.91 Å². The van der Waals surface area contributed by atoms with Crippen LogP contribution in [0.15, 0.2) is 24.3 Å². The number of rotatable bonds is 6. The predicted octanol–water partition coefficient (Wildman–Crippen LogP) is 1.26. The quantitative estimate of drug-likeness (QED) is 0.798. The zero-order valence-corrected chi connectivity index (χ0v) is 10.6. The van der Waals surface area contributed by atoms with Gasteiger partial charge in [0.15, 0.2) is 6.61 Å². The van der Waals surface area contributed by atoms with Gasteiger partial charge in [-0.1, -0.05) is 17.7 Å². The fourth-order valence-electron chi connectivity index (χ4n) is 1.69. The summed E-state index contributed by atoms with van der Waals surface area (Å²) >= 11 is 0. The lowest BCUT2D eigenvalue weighted by atomic mass is 10.1. The lowest BCUT2D eigenvalue weighted by Gasteiger charge is -2.13. The topological polar surface area (TPSA) is 58.6 Å². The zero-order valence-electron chi connectivity index (χ0n) is 10.6. The molecule has 0 aliphatic heterocycles. The number of hydrogen-bond donors (Lipinski definition) is 2. The predicted molar refractivity (Wildman–Crippen MR) is 68.4 cm³/mol. The van der Waals surface area contributed by atoms with E-state index in [-0.39, 0.29) is 24.5 Å². The Morgan fingerprint density at radius 1 is 1.39 bits per heavy atom. The Morgan fingerprint density at radius 2 is 2.06 bits per heavy atom. The Labute approximate surface area is 107 Å². The number of carbonyl (C=O) groups is 1. The van der Waals surface area contributed by atoms with E-state index in [2.05, 4.69) is 5.32 Å². The number of amides is 1. The molecule has 98 valence electrons. The van der Waals surface area contributed by atoms with Crippen LogP contribution < -0.4 is 10.1 Å². The van der Waals surface area contributed by atoms with Gasteiger partial charge in [-0.2, -0.15) is 0 Å². The van der Waals surface area contributed by atoms with Crippen molar-refractivity contribution in [2.75, 3.05) is 19.8 Å². The highest BCUT2D eigenvalue weighted by molar-refractivity contribution is 5.77. The molecule has 1 fully saturated rings. The van der Waals surface area contributed by atoms with Crippen molar-refractivity contribution in [1.29, 1.82) is 0 Å². The molecule has 1 saturated carbocycles. The minimum atomic E-state index is -0.143. The van der Waals surface area contributed by atoms with Gasteiger partial charge in [-0.05, 0) is 31.9 Å². The van der Waals surface area contributed by atoms with Gasteiger partial charge in [-0.3, -0.25) is 4.79 Å². The Hall–Kier alpha value is -1.55. The maximum Gasteiger partial charge on any atom is 0.257 e. The number of nitrogens with one attached hydrogen (secondary N) is 1. The fraction of sp³-hybridized carbons (Fsp3) is 0.500. The molecule has 2 rings (SSSR count). The summed E-state index contributed by atoms with van der Waals surface area (Å²) < 4.78 is 5.37. The van der Waals surface area contributed by atoms with Gasteiger partial charge in [0.1, 0.15) is 5.75 Å². The van der Waals surface area contributed by atoms with Crippen molar-refractivity contribution in [2.24, 2.45) is 5.41 Å². The largest absolute Gasteiger partial charge is 0.484 e. The molecule has 0 spiro atoms. The van der Waals surface area contributed by atoms with Crippen molar-refractivity contribution in [3.63, 3.8) is 0 Å². The second-order valence-corrected chi connectivity index (χ2v) is 5.04. The van der Waals surface area contributed by atoms with Crippen LogP contribution in [0.1, 0.15) is 18.4 Å². The number of aliphatic hydroxyl groups is 1. The van der Waals surface area contributed by atoms with Crippen molar-refractivity contribution in [3.8, 4) is 5.75 Å². The molecule has 2 N–H and O–H groups in total. The van der Waals surface area contributed by atoms with E-state index in [9.17, 15) is 4.79 Å². The summed E-state index contributed by atoms with van der Waals surface area (Å²) in [6, 6.07) is 7.58.